The molecule has 0 aliphatic carbocycles. The van der Waals surface area contributed by atoms with E-state index in [9.17, 15) is 5.11 Å². The molecule has 0 aliphatic rings. The average Bonchev–Trinajstić information content (AvgIpc) is 2.93. The number of ether oxygens (including phenoxy) is 1. The van der Waals surface area contributed by atoms with Gasteiger partial charge in [-0.15, -0.1) is 0 Å². The maximum Gasteiger partial charge on any atom is 0.0895 e. The summed E-state index contributed by atoms with van der Waals surface area (Å²) in [7, 11) is 0. The Morgan fingerprint density at radius 1 is 0.447 bits per heavy atom. The van der Waals surface area contributed by atoms with Crippen LogP contribution in [-0.2, 0) is 4.74 Å². The molecule has 0 heterocycles. The third-order valence-corrected chi connectivity index (χ3v) is 9.19. The standard InChI is InChI=1S/C35H72O2S/c1-3-5-7-9-11-13-15-17-19-21-23-25-27-29-31-37-35(33-36)34-38-32-30-28-26-24-22-20-18-16-14-12-10-8-6-4-2/h35-36H,3-34H2,1-2H3. The number of hydrogen-bond acceptors (Lipinski definition) is 3. The predicted molar refractivity (Wildman–Crippen MR) is 175 cm³/mol. The minimum atomic E-state index is 0.0358. The van der Waals surface area contributed by atoms with E-state index in [0.717, 1.165) is 18.8 Å². The van der Waals surface area contributed by atoms with Crippen LogP contribution in [-0.4, -0.2) is 35.9 Å². The van der Waals surface area contributed by atoms with E-state index in [1.54, 1.807) is 0 Å². The van der Waals surface area contributed by atoms with Crippen LogP contribution >= 0.6 is 11.8 Å². The Kier molecular flexibility index (Phi) is 35.5. The highest BCUT2D eigenvalue weighted by Gasteiger charge is 2.07. The number of unbranched alkanes of at least 4 members (excludes halogenated alkanes) is 26. The zero-order valence-corrected chi connectivity index (χ0v) is 27.3. The van der Waals surface area contributed by atoms with Gasteiger partial charge in [-0.05, 0) is 18.6 Å². The van der Waals surface area contributed by atoms with E-state index < -0.39 is 0 Å². The molecule has 0 aromatic rings. The number of hydrogen-bond donors (Lipinski definition) is 1. The van der Waals surface area contributed by atoms with Crippen molar-refractivity contribution < 1.29 is 9.84 Å². The Bertz CT molecular complexity index is 403. The van der Waals surface area contributed by atoms with Crippen molar-refractivity contribution in [2.45, 2.75) is 200 Å². The molecule has 0 aromatic heterocycles. The van der Waals surface area contributed by atoms with E-state index in [1.165, 1.54) is 179 Å². The Balaban J connectivity index is 3.25. The minimum Gasteiger partial charge on any atom is -0.394 e. The van der Waals surface area contributed by atoms with Gasteiger partial charge >= 0.3 is 0 Å². The van der Waals surface area contributed by atoms with Gasteiger partial charge in [-0.3, -0.25) is 0 Å². The second kappa shape index (κ2) is 35.3. The highest BCUT2D eigenvalue weighted by atomic mass is 32.2. The van der Waals surface area contributed by atoms with Crippen molar-refractivity contribution in [2.24, 2.45) is 0 Å². The maximum atomic E-state index is 9.63. The molecular formula is C35H72O2S. The molecule has 0 aliphatic heterocycles. The van der Waals surface area contributed by atoms with Crippen molar-refractivity contribution in [2.75, 3.05) is 24.7 Å². The van der Waals surface area contributed by atoms with Crippen LogP contribution in [0.3, 0.4) is 0 Å². The summed E-state index contributed by atoms with van der Waals surface area (Å²) in [5, 5.41) is 9.63. The van der Waals surface area contributed by atoms with Crippen molar-refractivity contribution in [3.05, 3.63) is 0 Å². The van der Waals surface area contributed by atoms with Gasteiger partial charge in [0.1, 0.15) is 0 Å². The summed E-state index contributed by atoms with van der Waals surface area (Å²) in [6.07, 6.45) is 39.4. The summed E-state index contributed by atoms with van der Waals surface area (Å²) < 4.78 is 5.95. The molecule has 2 nitrogen and oxygen atoms in total. The second-order valence-corrected chi connectivity index (χ2v) is 13.1. The molecule has 0 saturated heterocycles. The van der Waals surface area contributed by atoms with Gasteiger partial charge in [0.05, 0.1) is 12.7 Å². The molecule has 1 unspecified atom stereocenters. The van der Waals surface area contributed by atoms with E-state index in [0.29, 0.717) is 0 Å². The summed E-state index contributed by atoms with van der Waals surface area (Å²) in [5.41, 5.74) is 0. The Hall–Kier alpha value is 0.270. The van der Waals surface area contributed by atoms with Gasteiger partial charge < -0.3 is 9.84 Å². The van der Waals surface area contributed by atoms with Crippen molar-refractivity contribution in [1.29, 1.82) is 0 Å². The summed E-state index contributed by atoms with van der Waals surface area (Å²) in [5.74, 6) is 2.17. The fourth-order valence-corrected chi connectivity index (χ4v) is 6.35. The summed E-state index contributed by atoms with van der Waals surface area (Å²) in [6, 6.07) is 0. The zero-order valence-electron chi connectivity index (χ0n) is 26.5. The van der Waals surface area contributed by atoms with Crippen molar-refractivity contribution >= 4 is 11.8 Å². The quantitative estimate of drug-likeness (QED) is 0.0799. The van der Waals surface area contributed by atoms with Gasteiger partial charge in [0, 0.05) is 12.4 Å². The molecule has 0 fully saturated rings. The van der Waals surface area contributed by atoms with Gasteiger partial charge in [0.15, 0.2) is 0 Å². The molecule has 0 bridgehead atoms. The van der Waals surface area contributed by atoms with E-state index in [4.69, 9.17) is 4.74 Å². The van der Waals surface area contributed by atoms with Crippen LogP contribution in [0.4, 0.5) is 0 Å². The third kappa shape index (κ3) is 32.5. The Morgan fingerprint density at radius 2 is 0.763 bits per heavy atom. The normalized spacial score (nSPS) is 12.4. The number of rotatable bonds is 34. The topological polar surface area (TPSA) is 29.5 Å². The summed E-state index contributed by atoms with van der Waals surface area (Å²) in [6.45, 7) is 5.58. The van der Waals surface area contributed by atoms with E-state index in [2.05, 4.69) is 13.8 Å². The first-order chi connectivity index (χ1) is 18.8. The first-order valence-electron chi connectivity index (χ1n) is 17.6. The first kappa shape index (κ1) is 38.3. The molecule has 38 heavy (non-hydrogen) atoms. The largest absolute Gasteiger partial charge is 0.394 e. The van der Waals surface area contributed by atoms with Gasteiger partial charge in [0.25, 0.3) is 0 Å². The molecule has 3 heteroatoms. The SMILES string of the molecule is CCCCCCCCCCCCCCCCOC(CO)CSCCCCCCCCCCCCCCCC. The highest BCUT2D eigenvalue weighted by Crippen LogP contribution is 2.16. The molecule has 0 saturated carbocycles. The molecular weight excluding hydrogens is 484 g/mol. The lowest BCUT2D eigenvalue weighted by molar-refractivity contribution is 0.0260. The molecule has 0 aromatic carbocycles. The van der Waals surface area contributed by atoms with E-state index in [-0.39, 0.29) is 12.7 Å². The fourth-order valence-electron chi connectivity index (χ4n) is 5.31. The van der Waals surface area contributed by atoms with Crippen LogP contribution in [0.1, 0.15) is 194 Å². The smallest absolute Gasteiger partial charge is 0.0895 e. The van der Waals surface area contributed by atoms with Gasteiger partial charge in [-0.1, -0.05) is 181 Å². The van der Waals surface area contributed by atoms with Crippen LogP contribution in [0.2, 0.25) is 0 Å². The van der Waals surface area contributed by atoms with Gasteiger partial charge in [-0.25, -0.2) is 0 Å². The molecule has 0 amide bonds. The second-order valence-electron chi connectivity index (χ2n) is 11.9. The molecule has 230 valence electrons. The van der Waals surface area contributed by atoms with Crippen LogP contribution in [0.15, 0.2) is 0 Å². The van der Waals surface area contributed by atoms with Crippen LogP contribution < -0.4 is 0 Å². The van der Waals surface area contributed by atoms with E-state index in [1.807, 2.05) is 11.8 Å². The monoisotopic (exact) mass is 557 g/mol. The zero-order chi connectivity index (χ0) is 27.6. The number of thioether (sulfide) groups is 1. The van der Waals surface area contributed by atoms with Crippen molar-refractivity contribution in [3.63, 3.8) is 0 Å². The van der Waals surface area contributed by atoms with Crippen LogP contribution in [0.5, 0.6) is 0 Å². The number of aliphatic hydroxyl groups is 1. The van der Waals surface area contributed by atoms with Crippen LogP contribution in [0.25, 0.3) is 0 Å². The molecule has 1 atom stereocenters. The van der Waals surface area contributed by atoms with Gasteiger partial charge in [0.2, 0.25) is 0 Å². The fraction of sp³-hybridized carbons (Fsp3) is 1.00. The van der Waals surface area contributed by atoms with E-state index >= 15 is 0 Å². The van der Waals surface area contributed by atoms with Crippen LogP contribution in [0, 0.1) is 0 Å². The third-order valence-electron chi connectivity index (χ3n) is 8.00. The molecule has 0 spiro atoms. The highest BCUT2D eigenvalue weighted by molar-refractivity contribution is 7.99. The predicted octanol–water partition coefficient (Wildman–Crippen LogP) is 12.1. The number of aliphatic hydroxyl groups excluding tert-OH is 1. The van der Waals surface area contributed by atoms with Gasteiger partial charge in [-0.2, -0.15) is 11.8 Å². The maximum absolute atomic E-state index is 9.63. The Labute approximate surface area is 245 Å². The molecule has 0 radical (unpaired) electrons. The van der Waals surface area contributed by atoms with Crippen molar-refractivity contribution in [1.82, 2.24) is 0 Å². The van der Waals surface area contributed by atoms with Crippen molar-refractivity contribution in [3.8, 4) is 0 Å². The lowest BCUT2D eigenvalue weighted by atomic mass is 10.0. The first-order valence-corrected chi connectivity index (χ1v) is 18.8. The molecule has 0 rings (SSSR count). The average molecular weight is 557 g/mol. The summed E-state index contributed by atoms with van der Waals surface area (Å²) >= 11 is 1.97. The Morgan fingerprint density at radius 3 is 1.11 bits per heavy atom. The summed E-state index contributed by atoms with van der Waals surface area (Å²) in [4.78, 5) is 0. The lowest BCUT2D eigenvalue weighted by Gasteiger charge is -2.15. The minimum absolute atomic E-state index is 0.0358. The molecule has 1 N–H and O–H groups in total. The lowest BCUT2D eigenvalue weighted by Crippen LogP contribution is -2.21.